The molecule has 1 aromatic rings. The summed E-state index contributed by atoms with van der Waals surface area (Å²) in [6.07, 6.45) is 1.62. The van der Waals surface area contributed by atoms with E-state index in [2.05, 4.69) is 10.3 Å². The minimum atomic E-state index is -0.257. The standard InChI is InChI=1S/C11H14N2O2/c1-8-4-3-5-12-10(8)7-13-11(15)6-9(2)14/h3-5H,6-7H2,1-2H3,(H,13,15). The van der Waals surface area contributed by atoms with Crippen molar-refractivity contribution >= 4 is 11.7 Å². The second kappa shape index (κ2) is 5.24. The van der Waals surface area contributed by atoms with Gasteiger partial charge in [-0.25, -0.2) is 0 Å². The van der Waals surface area contributed by atoms with Crippen molar-refractivity contribution in [2.75, 3.05) is 0 Å². The molecular formula is C11H14N2O2. The van der Waals surface area contributed by atoms with Crippen molar-refractivity contribution in [2.24, 2.45) is 0 Å². The molecule has 0 atom stereocenters. The van der Waals surface area contributed by atoms with Gasteiger partial charge in [0.15, 0.2) is 0 Å². The van der Waals surface area contributed by atoms with Crippen LogP contribution in [0, 0.1) is 6.92 Å². The normalized spacial score (nSPS) is 9.73. The summed E-state index contributed by atoms with van der Waals surface area (Å²) < 4.78 is 0. The van der Waals surface area contributed by atoms with Crippen LogP contribution in [0.2, 0.25) is 0 Å². The van der Waals surface area contributed by atoms with Crippen LogP contribution >= 0.6 is 0 Å². The van der Waals surface area contributed by atoms with Crippen LogP contribution in [0.3, 0.4) is 0 Å². The predicted octanol–water partition coefficient (Wildman–Crippen LogP) is 0.985. The van der Waals surface area contributed by atoms with Gasteiger partial charge in [-0.15, -0.1) is 0 Å². The topological polar surface area (TPSA) is 59.1 Å². The number of nitrogens with one attached hydrogen (secondary N) is 1. The van der Waals surface area contributed by atoms with Crippen molar-refractivity contribution in [3.63, 3.8) is 0 Å². The Kier molecular flexibility index (Phi) is 3.97. The number of pyridine rings is 1. The molecule has 4 heteroatoms. The van der Waals surface area contributed by atoms with E-state index in [-0.39, 0.29) is 18.1 Å². The number of carbonyl (C=O) groups excluding carboxylic acids is 2. The molecule has 0 saturated carbocycles. The van der Waals surface area contributed by atoms with Crippen LogP contribution in [0.1, 0.15) is 24.6 Å². The lowest BCUT2D eigenvalue weighted by molar-refractivity contribution is -0.127. The quantitative estimate of drug-likeness (QED) is 0.747. The largest absolute Gasteiger partial charge is 0.350 e. The molecule has 0 aliphatic rings. The van der Waals surface area contributed by atoms with Crippen LogP contribution in [-0.2, 0) is 16.1 Å². The highest BCUT2D eigenvalue weighted by Crippen LogP contribution is 2.02. The van der Waals surface area contributed by atoms with Crippen molar-refractivity contribution in [3.8, 4) is 0 Å². The third-order valence-electron chi connectivity index (χ3n) is 1.98. The monoisotopic (exact) mass is 206 g/mol. The molecular weight excluding hydrogens is 192 g/mol. The molecule has 0 fully saturated rings. The highest BCUT2D eigenvalue weighted by molar-refractivity contribution is 5.96. The Morgan fingerprint density at radius 1 is 1.47 bits per heavy atom. The van der Waals surface area contributed by atoms with E-state index >= 15 is 0 Å². The number of aryl methyl sites for hydroxylation is 1. The van der Waals surface area contributed by atoms with Gasteiger partial charge in [-0.1, -0.05) is 6.07 Å². The molecule has 0 aromatic carbocycles. The average molecular weight is 206 g/mol. The first kappa shape index (κ1) is 11.4. The number of Topliss-reactive ketones (excluding diaryl/α,β-unsaturated/α-hetero) is 1. The van der Waals surface area contributed by atoms with Gasteiger partial charge < -0.3 is 5.32 Å². The number of hydrogen-bond acceptors (Lipinski definition) is 3. The Bertz CT molecular complexity index is 375. The lowest BCUT2D eigenvalue weighted by Crippen LogP contribution is -2.25. The second-order valence-corrected chi connectivity index (χ2v) is 3.42. The molecule has 0 spiro atoms. The summed E-state index contributed by atoms with van der Waals surface area (Å²) in [7, 11) is 0. The van der Waals surface area contributed by atoms with Crippen molar-refractivity contribution in [1.29, 1.82) is 0 Å². The van der Waals surface area contributed by atoms with Crippen LogP contribution in [0.5, 0.6) is 0 Å². The van der Waals surface area contributed by atoms with Gasteiger partial charge in [0.2, 0.25) is 5.91 Å². The van der Waals surface area contributed by atoms with Gasteiger partial charge in [-0.3, -0.25) is 14.6 Å². The molecule has 1 amide bonds. The van der Waals surface area contributed by atoms with Gasteiger partial charge in [-0.2, -0.15) is 0 Å². The van der Waals surface area contributed by atoms with Crippen LogP contribution in [0.4, 0.5) is 0 Å². The van der Waals surface area contributed by atoms with Crippen molar-refractivity contribution in [2.45, 2.75) is 26.8 Å². The molecule has 0 bridgehead atoms. The van der Waals surface area contributed by atoms with Gasteiger partial charge >= 0.3 is 0 Å². The molecule has 0 aliphatic heterocycles. The van der Waals surface area contributed by atoms with E-state index in [1.54, 1.807) is 6.20 Å². The first-order chi connectivity index (χ1) is 7.09. The molecule has 0 aliphatic carbocycles. The molecule has 0 saturated heterocycles. The third kappa shape index (κ3) is 3.89. The van der Waals surface area contributed by atoms with Crippen LogP contribution in [-0.4, -0.2) is 16.7 Å². The molecule has 0 radical (unpaired) electrons. The zero-order valence-corrected chi connectivity index (χ0v) is 8.91. The Hall–Kier alpha value is -1.71. The SMILES string of the molecule is CC(=O)CC(=O)NCc1ncccc1C. The zero-order valence-electron chi connectivity index (χ0n) is 8.91. The zero-order chi connectivity index (χ0) is 11.3. The smallest absolute Gasteiger partial charge is 0.227 e. The van der Waals surface area contributed by atoms with Crippen molar-refractivity contribution in [3.05, 3.63) is 29.6 Å². The van der Waals surface area contributed by atoms with Gasteiger partial charge in [0.25, 0.3) is 0 Å². The fourth-order valence-electron chi connectivity index (χ4n) is 1.17. The highest BCUT2D eigenvalue weighted by Gasteiger charge is 2.05. The summed E-state index contributed by atoms with van der Waals surface area (Å²) in [6, 6.07) is 3.77. The Labute approximate surface area is 88.7 Å². The molecule has 1 N–H and O–H groups in total. The van der Waals surface area contributed by atoms with Gasteiger partial charge in [0, 0.05) is 6.20 Å². The lowest BCUT2D eigenvalue weighted by Gasteiger charge is -2.05. The molecule has 80 valence electrons. The summed E-state index contributed by atoms with van der Waals surface area (Å²) >= 11 is 0. The lowest BCUT2D eigenvalue weighted by atomic mass is 10.2. The minimum absolute atomic E-state index is 0.0636. The Morgan fingerprint density at radius 2 is 2.20 bits per heavy atom. The van der Waals surface area contributed by atoms with Gasteiger partial charge in [0.1, 0.15) is 5.78 Å². The predicted molar refractivity (Wildman–Crippen MR) is 56.1 cm³/mol. The summed E-state index contributed by atoms with van der Waals surface area (Å²) in [5, 5.41) is 2.65. The summed E-state index contributed by atoms with van der Waals surface area (Å²) in [4.78, 5) is 26.0. The van der Waals surface area contributed by atoms with E-state index in [1.165, 1.54) is 6.92 Å². The molecule has 1 aromatic heterocycles. The minimum Gasteiger partial charge on any atom is -0.350 e. The van der Waals surface area contributed by atoms with Crippen LogP contribution in [0.15, 0.2) is 18.3 Å². The van der Waals surface area contributed by atoms with E-state index in [1.807, 2.05) is 19.1 Å². The summed E-state index contributed by atoms with van der Waals surface area (Å²) in [5.74, 6) is -0.391. The number of carbonyl (C=O) groups is 2. The van der Waals surface area contributed by atoms with Crippen LogP contribution < -0.4 is 5.32 Å². The van der Waals surface area contributed by atoms with E-state index in [4.69, 9.17) is 0 Å². The molecule has 1 rings (SSSR count). The molecule has 4 nitrogen and oxygen atoms in total. The van der Waals surface area contributed by atoms with Gasteiger partial charge in [0.05, 0.1) is 18.7 Å². The molecule has 15 heavy (non-hydrogen) atoms. The second-order valence-electron chi connectivity index (χ2n) is 3.42. The van der Waals surface area contributed by atoms with E-state index in [0.717, 1.165) is 11.3 Å². The third-order valence-corrected chi connectivity index (χ3v) is 1.98. The Morgan fingerprint density at radius 3 is 2.80 bits per heavy atom. The fraction of sp³-hybridized carbons (Fsp3) is 0.364. The Balaban J connectivity index is 2.47. The van der Waals surface area contributed by atoms with E-state index in [9.17, 15) is 9.59 Å². The van der Waals surface area contributed by atoms with E-state index < -0.39 is 0 Å². The number of hydrogen-bond donors (Lipinski definition) is 1. The summed E-state index contributed by atoms with van der Waals surface area (Å²) in [5.41, 5.74) is 1.86. The summed E-state index contributed by atoms with van der Waals surface area (Å²) in [6.45, 7) is 3.70. The first-order valence-corrected chi connectivity index (χ1v) is 4.76. The van der Waals surface area contributed by atoms with Crippen LogP contribution in [0.25, 0.3) is 0 Å². The maximum atomic E-state index is 11.2. The maximum Gasteiger partial charge on any atom is 0.227 e. The number of rotatable bonds is 4. The number of aromatic nitrogens is 1. The maximum absolute atomic E-state index is 11.2. The first-order valence-electron chi connectivity index (χ1n) is 4.76. The van der Waals surface area contributed by atoms with E-state index in [0.29, 0.717) is 6.54 Å². The van der Waals surface area contributed by atoms with Crippen molar-refractivity contribution in [1.82, 2.24) is 10.3 Å². The average Bonchev–Trinajstić information content (AvgIpc) is 2.15. The highest BCUT2D eigenvalue weighted by atomic mass is 16.2. The van der Waals surface area contributed by atoms with Gasteiger partial charge in [-0.05, 0) is 25.5 Å². The number of ketones is 1. The molecule has 0 unspecified atom stereocenters. The number of amides is 1. The fourth-order valence-corrected chi connectivity index (χ4v) is 1.17. The molecule has 1 heterocycles. The van der Waals surface area contributed by atoms with Crippen molar-refractivity contribution < 1.29 is 9.59 Å². The number of nitrogens with zero attached hydrogens (tertiary/aromatic N) is 1.